The molecule has 1 aromatic heterocycles. The molecule has 0 aliphatic heterocycles. The summed E-state index contributed by atoms with van der Waals surface area (Å²) >= 11 is 1.04. The van der Waals surface area contributed by atoms with E-state index in [1.807, 2.05) is 24.3 Å². The van der Waals surface area contributed by atoms with Crippen molar-refractivity contribution < 1.29 is 13.7 Å². The lowest BCUT2D eigenvalue weighted by atomic mass is 10.2. The Balaban J connectivity index is 1.72. The lowest BCUT2D eigenvalue weighted by molar-refractivity contribution is 0.0764. The zero-order chi connectivity index (χ0) is 16.2. The average Bonchev–Trinajstić information content (AvgIpc) is 3.02. The fourth-order valence-electron chi connectivity index (χ4n) is 2.15. The Labute approximate surface area is 137 Å². The summed E-state index contributed by atoms with van der Waals surface area (Å²) in [4.78, 5) is 19.4. The minimum absolute atomic E-state index is 0.345. The van der Waals surface area contributed by atoms with Crippen molar-refractivity contribution in [2.24, 2.45) is 0 Å². The van der Waals surface area contributed by atoms with Gasteiger partial charge < -0.3 is 19.6 Å². The average molecular weight is 329 g/mol. The molecule has 1 heterocycles. The number of hydrogen-bond acceptors (Lipinski definition) is 6. The van der Waals surface area contributed by atoms with Gasteiger partial charge in [-0.2, -0.15) is 0 Å². The first-order chi connectivity index (χ1) is 11.2. The van der Waals surface area contributed by atoms with Gasteiger partial charge in [-0.3, -0.25) is 0 Å². The van der Waals surface area contributed by atoms with E-state index in [4.69, 9.17) is 14.7 Å². The maximum atomic E-state index is 12.3. The monoisotopic (exact) mass is 329 g/mol. The molecule has 0 atom stereocenters. The first-order valence-electron chi connectivity index (χ1n) is 6.87. The third kappa shape index (κ3) is 3.24. The van der Waals surface area contributed by atoms with Crippen molar-refractivity contribution in [3.05, 3.63) is 53.9 Å². The number of aromatic nitrogens is 2. The van der Waals surface area contributed by atoms with E-state index in [2.05, 4.69) is 9.97 Å². The Morgan fingerprint density at radius 3 is 2.96 bits per heavy atom. The standard InChI is InChI=1S/C16H15N3O3S/c1-21-15-7-14-13(18-9-19-14)6-11(15)16(20)22-23-8-10-4-2-3-5-12(10)17/h2-7,9H,8,17H2,1H3,(H,18,19). The van der Waals surface area contributed by atoms with Crippen LogP contribution < -0.4 is 10.5 Å². The van der Waals surface area contributed by atoms with Gasteiger partial charge in [0.1, 0.15) is 11.3 Å². The Bertz CT molecular complexity index is 847. The molecule has 0 amide bonds. The molecule has 0 unspecified atom stereocenters. The molecule has 0 aliphatic carbocycles. The molecule has 6 nitrogen and oxygen atoms in total. The van der Waals surface area contributed by atoms with Gasteiger partial charge >= 0.3 is 5.97 Å². The third-order valence-corrected chi connectivity index (χ3v) is 4.06. The van der Waals surface area contributed by atoms with E-state index in [1.54, 1.807) is 18.5 Å². The number of nitrogens with zero attached hydrogens (tertiary/aromatic N) is 1. The number of rotatable bonds is 5. The minimum Gasteiger partial charge on any atom is -0.496 e. The number of carbonyl (C=O) groups is 1. The summed E-state index contributed by atoms with van der Waals surface area (Å²) in [7, 11) is 1.50. The molecule has 0 saturated heterocycles. The number of fused-ring (bicyclic) bond motifs is 1. The molecule has 0 radical (unpaired) electrons. The second-order valence-electron chi connectivity index (χ2n) is 4.80. The number of ether oxygens (including phenoxy) is 1. The number of nitrogen functional groups attached to an aromatic ring is 1. The first-order valence-corrected chi connectivity index (χ1v) is 7.78. The smallest absolute Gasteiger partial charge is 0.354 e. The fourth-order valence-corrected chi connectivity index (χ4v) is 2.79. The fraction of sp³-hybridized carbons (Fsp3) is 0.125. The number of benzene rings is 2. The van der Waals surface area contributed by atoms with Gasteiger partial charge in [0.2, 0.25) is 0 Å². The summed E-state index contributed by atoms with van der Waals surface area (Å²) in [5.74, 6) is 0.430. The normalized spacial score (nSPS) is 10.7. The second kappa shape index (κ2) is 6.62. The molecule has 3 aromatic rings. The van der Waals surface area contributed by atoms with Crippen molar-refractivity contribution in [3.63, 3.8) is 0 Å². The van der Waals surface area contributed by atoms with Crippen molar-refractivity contribution in [2.45, 2.75) is 5.75 Å². The quantitative estimate of drug-likeness (QED) is 0.552. The molecule has 0 aliphatic rings. The predicted octanol–water partition coefficient (Wildman–Crippen LogP) is 3.16. The van der Waals surface area contributed by atoms with Gasteiger partial charge in [0, 0.05) is 11.8 Å². The summed E-state index contributed by atoms with van der Waals surface area (Å²) in [5, 5.41) is 0. The van der Waals surface area contributed by atoms with E-state index in [1.165, 1.54) is 7.11 Å². The van der Waals surface area contributed by atoms with E-state index < -0.39 is 5.97 Å². The van der Waals surface area contributed by atoms with Crippen molar-refractivity contribution in [2.75, 3.05) is 12.8 Å². The predicted molar refractivity (Wildman–Crippen MR) is 90.2 cm³/mol. The lowest BCUT2D eigenvalue weighted by Crippen LogP contribution is -2.04. The molecule has 0 saturated carbocycles. The largest absolute Gasteiger partial charge is 0.496 e. The van der Waals surface area contributed by atoms with E-state index in [0.717, 1.165) is 28.6 Å². The van der Waals surface area contributed by atoms with Crippen LogP contribution in [0, 0.1) is 0 Å². The maximum Gasteiger partial charge on any atom is 0.354 e. The first kappa shape index (κ1) is 15.2. The number of nitrogens with one attached hydrogen (secondary N) is 1. The van der Waals surface area contributed by atoms with E-state index in [0.29, 0.717) is 22.8 Å². The number of nitrogens with two attached hydrogens (primary N) is 1. The maximum absolute atomic E-state index is 12.3. The van der Waals surface area contributed by atoms with E-state index in [9.17, 15) is 4.79 Å². The minimum atomic E-state index is -0.474. The highest BCUT2D eigenvalue weighted by atomic mass is 32.2. The van der Waals surface area contributed by atoms with Crippen LogP contribution in [0.4, 0.5) is 5.69 Å². The Morgan fingerprint density at radius 1 is 1.35 bits per heavy atom. The molecule has 3 N–H and O–H groups in total. The number of carbonyl (C=O) groups excluding carboxylic acids is 1. The van der Waals surface area contributed by atoms with Gasteiger partial charge in [-0.1, -0.05) is 18.2 Å². The third-order valence-electron chi connectivity index (χ3n) is 3.37. The second-order valence-corrected chi connectivity index (χ2v) is 5.50. The van der Waals surface area contributed by atoms with Crippen molar-refractivity contribution in [1.82, 2.24) is 9.97 Å². The molecule has 0 bridgehead atoms. The molecule has 0 spiro atoms. The van der Waals surface area contributed by atoms with Gasteiger partial charge in [-0.05, 0) is 17.7 Å². The number of anilines is 1. The van der Waals surface area contributed by atoms with Crippen LogP contribution in [0.25, 0.3) is 11.0 Å². The number of imidazole rings is 1. The highest BCUT2D eigenvalue weighted by molar-refractivity contribution is 7.94. The van der Waals surface area contributed by atoms with Gasteiger partial charge in [-0.25, -0.2) is 9.78 Å². The summed E-state index contributed by atoms with van der Waals surface area (Å²) in [5.41, 5.74) is 9.27. The molecular formula is C16H15N3O3S. The van der Waals surface area contributed by atoms with Crippen LogP contribution in [0.1, 0.15) is 15.9 Å². The van der Waals surface area contributed by atoms with E-state index >= 15 is 0 Å². The van der Waals surface area contributed by atoms with Crippen molar-refractivity contribution >= 4 is 34.7 Å². The van der Waals surface area contributed by atoms with Crippen LogP contribution in [0.5, 0.6) is 5.75 Å². The number of methoxy groups -OCH3 is 1. The highest BCUT2D eigenvalue weighted by Gasteiger charge is 2.17. The van der Waals surface area contributed by atoms with Gasteiger partial charge in [0.05, 0.1) is 42.3 Å². The zero-order valence-corrected chi connectivity index (χ0v) is 13.2. The summed E-state index contributed by atoms with van der Waals surface area (Å²) < 4.78 is 10.5. The molecule has 23 heavy (non-hydrogen) atoms. The van der Waals surface area contributed by atoms with Crippen LogP contribution in [-0.4, -0.2) is 23.0 Å². The molecule has 7 heteroatoms. The molecule has 3 rings (SSSR count). The SMILES string of the molecule is COc1cc2nc[nH]c2cc1C(=O)OSCc1ccccc1N. The molecular weight excluding hydrogens is 314 g/mol. The summed E-state index contributed by atoms with van der Waals surface area (Å²) in [6.07, 6.45) is 1.56. The van der Waals surface area contributed by atoms with E-state index in [-0.39, 0.29) is 0 Å². The number of hydrogen-bond donors (Lipinski definition) is 2. The Hall–Kier alpha value is -2.67. The number of aromatic amines is 1. The van der Waals surface area contributed by atoms with Crippen LogP contribution in [-0.2, 0) is 9.94 Å². The molecule has 2 aromatic carbocycles. The van der Waals surface area contributed by atoms with Crippen molar-refractivity contribution in [3.8, 4) is 5.75 Å². The number of H-pyrrole nitrogens is 1. The molecule has 118 valence electrons. The number of para-hydroxylation sites is 1. The summed E-state index contributed by atoms with van der Waals surface area (Å²) in [6.45, 7) is 0. The van der Waals surface area contributed by atoms with Crippen LogP contribution in [0.3, 0.4) is 0 Å². The van der Waals surface area contributed by atoms with Gasteiger partial charge in [0.15, 0.2) is 0 Å². The van der Waals surface area contributed by atoms with Crippen LogP contribution >= 0.6 is 12.0 Å². The van der Waals surface area contributed by atoms with Crippen LogP contribution in [0.15, 0.2) is 42.7 Å². The Morgan fingerprint density at radius 2 is 2.17 bits per heavy atom. The van der Waals surface area contributed by atoms with Crippen molar-refractivity contribution in [1.29, 1.82) is 0 Å². The summed E-state index contributed by atoms with van der Waals surface area (Å²) in [6, 6.07) is 10.8. The van der Waals surface area contributed by atoms with Gasteiger partial charge in [-0.15, -0.1) is 0 Å². The molecule has 0 fully saturated rings. The van der Waals surface area contributed by atoms with Gasteiger partial charge in [0.25, 0.3) is 0 Å². The Kier molecular flexibility index (Phi) is 4.38. The lowest BCUT2D eigenvalue weighted by Gasteiger charge is -2.08. The zero-order valence-electron chi connectivity index (χ0n) is 12.4. The highest BCUT2D eigenvalue weighted by Crippen LogP contribution is 2.27. The van der Waals surface area contributed by atoms with Crippen LogP contribution in [0.2, 0.25) is 0 Å². The topological polar surface area (TPSA) is 90.2 Å².